The summed E-state index contributed by atoms with van der Waals surface area (Å²) >= 11 is 0. The Hall–Kier alpha value is -0.980. The molecule has 4 nitrogen and oxygen atoms in total. The third-order valence-corrected chi connectivity index (χ3v) is 5.59. The van der Waals surface area contributed by atoms with Crippen LogP contribution in [0.4, 0.5) is 4.39 Å². The lowest BCUT2D eigenvalue weighted by atomic mass is 10.2. The van der Waals surface area contributed by atoms with Crippen molar-refractivity contribution in [2.45, 2.75) is 43.7 Å². The number of nitrogens with zero attached hydrogens (tertiary/aromatic N) is 1. The van der Waals surface area contributed by atoms with Crippen molar-refractivity contribution >= 4 is 10.0 Å². The van der Waals surface area contributed by atoms with E-state index in [0.29, 0.717) is 6.54 Å². The van der Waals surface area contributed by atoms with Crippen molar-refractivity contribution in [3.63, 3.8) is 0 Å². The number of halogens is 1. The molecule has 0 bridgehead atoms. The van der Waals surface area contributed by atoms with Gasteiger partial charge in [0.1, 0.15) is 5.82 Å². The predicted octanol–water partition coefficient (Wildman–Crippen LogP) is 1.85. The van der Waals surface area contributed by atoms with Crippen LogP contribution >= 0.6 is 0 Å². The molecule has 1 heterocycles. The van der Waals surface area contributed by atoms with Crippen LogP contribution in [0, 0.1) is 5.82 Å². The summed E-state index contributed by atoms with van der Waals surface area (Å²) in [4.78, 5) is 0.134. The number of benzene rings is 1. The highest BCUT2D eigenvalue weighted by molar-refractivity contribution is 7.89. The zero-order valence-corrected chi connectivity index (χ0v) is 11.8. The Balaban J connectivity index is 2.39. The molecule has 1 fully saturated rings. The smallest absolute Gasteiger partial charge is 0.243 e. The van der Waals surface area contributed by atoms with E-state index in [9.17, 15) is 12.8 Å². The molecule has 1 unspecified atom stereocenters. The second kappa shape index (κ2) is 5.56. The maximum absolute atomic E-state index is 13.4. The summed E-state index contributed by atoms with van der Waals surface area (Å²) in [6.45, 7) is 2.51. The highest BCUT2D eigenvalue weighted by atomic mass is 32.2. The van der Waals surface area contributed by atoms with Crippen molar-refractivity contribution in [2.75, 3.05) is 6.54 Å². The van der Waals surface area contributed by atoms with Crippen LogP contribution in [0.1, 0.15) is 31.7 Å². The van der Waals surface area contributed by atoms with Crippen LogP contribution in [0.5, 0.6) is 0 Å². The van der Waals surface area contributed by atoms with Crippen molar-refractivity contribution in [2.24, 2.45) is 5.73 Å². The summed E-state index contributed by atoms with van der Waals surface area (Å²) in [7, 11) is -3.54. The molecule has 0 amide bonds. The Morgan fingerprint density at radius 1 is 1.47 bits per heavy atom. The second-order valence-corrected chi connectivity index (χ2v) is 6.67. The summed E-state index contributed by atoms with van der Waals surface area (Å²) in [5, 5.41) is 0. The summed E-state index contributed by atoms with van der Waals surface area (Å²) in [5.74, 6) is -0.463. The average Bonchev–Trinajstić information content (AvgIpc) is 2.88. The van der Waals surface area contributed by atoms with E-state index < -0.39 is 15.8 Å². The van der Waals surface area contributed by atoms with Gasteiger partial charge >= 0.3 is 0 Å². The fourth-order valence-corrected chi connectivity index (χ4v) is 4.36. The predicted molar refractivity (Wildman–Crippen MR) is 71.5 cm³/mol. The van der Waals surface area contributed by atoms with Gasteiger partial charge < -0.3 is 5.73 Å². The van der Waals surface area contributed by atoms with Gasteiger partial charge in [0.05, 0.1) is 4.90 Å². The summed E-state index contributed by atoms with van der Waals surface area (Å²) in [6, 6.07) is 3.88. The Kier molecular flexibility index (Phi) is 4.23. The standard InChI is InChI=1S/C13H19FN2O2S/c1-2-11-4-3-7-16(11)19(17,18)12-5-6-13(14)10(8-12)9-15/h5-6,8,11H,2-4,7,9,15H2,1H3. The minimum atomic E-state index is -3.54. The minimum Gasteiger partial charge on any atom is -0.326 e. The fraction of sp³-hybridized carbons (Fsp3) is 0.538. The lowest BCUT2D eigenvalue weighted by molar-refractivity contribution is 0.379. The quantitative estimate of drug-likeness (QED) is 0.918. The molecule has 0 aromatic heterocycles. The monoisotopic (exact) mass is 286 g/mol. The first-order valence-corrected chi connectivity index (χ1v) is 7.95. The van der Waals surface area contributed by atoms with Crippen LogP contribution in [-0.2, 0) is 16.6 Å². The minimum absolute atomic E-state index is 0.00754. The maximum atomic E-state index is 13.4. The van der Waals surface area contributed by atoms with Crippen LogP contribution in [0.25, 0.3) is 0 Å². The van der Waals surface area contributed by atoms with Gasteiger partial charge in [-0.1, -0.05) is 6.92 Å². The first-order chi connectivity index (χ1) is 9.00. The van der Waals surface area contributed by atoms with Gasteiger partial charge in [-0.05, 0) is 37.5 Å². The summed E-state index contributed by atoms with van der Waals surface area (Å²) in [6.07, 6.45) is 2.56. The van der Waals surface area contributed by atoms with Crippen molar-refractivity contribution in [3.8, 4) is 0 Å². The van der Waals surface area contributed by atoms with E-state index in [1.165, 1.54) is 22.5 Å². The van der Waals surface area contributed by atoms with Gasteiger partial charge in [-0.3, -0.25) is 0 Å². The van der Waals surface area contributed by atoms with Crippen LogP contribution in [-0.4, -0.2) is 25.3 Å². The summed E-state index contributed by atoms with van der Waals surface area (Å²) in [5.41, 5.74) is 5.65. The second-order valence-electron chi connectivity index (χ2n) is 4.78. The van der Waals surface area contributed by atoms with Crippen molar-refractivity contribution in [1.82, 2.24) is 4.31 Å². The average molecular weight is 286 g/mol. The summed E-state index contributed by atoms with van der Waals surface area (Å²) < 4.78 is 40.0. The molecule has 2 N–H and O–H groups in total. The third kappa shape index (κ3) is 2.66. The van der Waals surface area contributed by atoms with Gasteiger partial charge in [0, 0.05) is 24.7 Å². The normalized spacial score (nSPS) is 20.9. The largest absolute Gasteiger partial charge is 0.326 e. The molecule has 19 heavy (non-hydrogen) atoms. The third-order valence-electron chi connectivity index (χ3n) is 3.64. The number of hydrogen-bond donors (Lipinski definition) is 1. The lowest BCUT2D eigenvalue weighted by Gasteiger charge is -2.23. The lowest BCUT2D eigenvalue weighted by Crippen LogP contribution is -2.35. The molecule has 0 aliphatic carbocycles. The first kappa shape index (κ1) is 14.4. The zero-order valence-electron chi connectivity index (χ0n) is 11.0. The molecule has 1 aromatic carbocycles. The van der Waals surface area contributed by atoms with Crippen LogP contribution in [0.2, 0.25) is 0 Å². The molecule has 1 aliphatic heterocycles. The Morgan fingerprint density at radius 2 is 2.21 bits per heavy atom. The van der Waals surface area contributed by atoms with E-state index in [0.717, 1.165) is 19.3 Å². The molecule has 2 rings (SSSR count). The van der Waals surface area contributed by atoms with Crippen molar-refractivity contribution in [3.05, 3.63) is 29.6 Å². The fourth-order valence-electron chi connectivity index (χ4n) is 2.54. The molecule has 1 aliphatic rings. The molecule has 0 spiro atoms. The van der Waals surface area contributed by atoms with Gasteiger partial charge in [-0.2, -0.15) is 4.31 Å². The highest BCUT2D eigenvalue weighted by Crippen LogP contribution is 2.28. The Labute approximate surface area is 113 Å². The van der Waals surface area contributed by atoms with Crippen molar-refractivity contribution in [1.29, 1.82) is 0 Å². The molecule has 1 atom stereocenters. The highest BCUT2D eigenvalue weighted by Gasteiger charge is 2.34. The van der Waals surface area contributed by atoms with Crippen LogP contribution in [0.3, 0.4) is 0 Å². The molecule has 1 saturated heterocycles. The number of hydrogen-bond acceptors (Lipinski definition) is 3. The SMILES string of the molecule is CCC1CCCN1S(=O)(=O)c1ccc(F)c(CN)c1. The molecular weight excluding hydrogens is 267 g/mol. The van der Waals surface area contributed by atoms with Crippen LogP contribution in [0.15, 0.2) is 23.1 Å². The van der Waals surface area contributed by atoms with Gasteiger partial charge in [-0.25, -0.2) is 12.8 Å². The van der Waals surface area contributed by atoms with Gasteiger partial charge in [0.25, 0.3) is 0 Å². The van der Waals surface area contributed by atoms with E-state index in [-0.39, 0.29) is 23.0 Å². The molecule has 1 aromatic rings. The maximum Gasteiger partial charge on any atom is 0.243 e. The van der Waals surface area contributed by atoms with E-state index in [1.807, 2.05) is 6.92 Å². The van der Waals surface area contributed by atoms with Crippen LogP contribution < -0.4 is 5.73 Å². The number of sulfonamides is 1. The van der Waals surface area contributed by atoms with Gasteiger partial charge in [-0.15, -0.1) is 0 Å². The number of nitrogens with two attached hydrogens (primary N) is 1. The van der Waals surface area contributed by atoms with E-state index in [1.54, 1.807) is 0 Å². The Morgan fingerprint density at radius 3 is 2.84 bits per heavy atom. The molecule has 106 valence electrons. The van der Waals surface area contributed by atoms with E-state index in [4.69, 9.17) is 5.73 Å². The van der Waals surface area contributed by atoms with Gasteiger partial charge in [0.2, 0.25) is 10.0 Å². The molecule has 6 heteroatoms. The zero-order chi connectivity index (χ0) is 14.0. The Bertz CT molecular complexity index is 560. The molecule has 0 radical (unpaired) electrons. The molecule has 0 saturated carbocycles. The van der Waals surface area contributed by atoms with E-state index in [2.05, 4.69) is 0 Å². The van der Waals surface area contributed by atoms with E-state index >= 15 is 0 Å². The molecular formula is C13H19FN2O2S. The number of rotatable bonds is 4. The first-order valence-electron chi connectivity index (χ1n) is 6.51. The van der Waals surface area contributed by atoms with Crippen molar-refractivity contribution < 1.29 is 12.8 Å². The topological polar surface area (TPSA) is 63.4 Å². The van der Waals surface area contributed by atoms with Gasteiger partial charge in [0.15, 0.2) is 0 Å².